The van der Waals surface area contributed by atoms with E-state index < -0.39 is 7.60 Å². The van der Waals surface area contributed by atoms with E-state index >= 15 is 0 Å². The molecule has 0 aliphatic carbocycles. The predicted octanol–water partition coefficient (Wildman–Crippen LogP) is 5.62. The lowest BCUT2D eigenvalue weighted by Gasteiger charge is -2.16. The van der Waals surface area contributed by atoms with Gasteiger partial charge in [-0.3, -0.25) is 4.57 Å². The van der Waals surface area contributed by atoms with Crippen LogP contribution in [0.4, 0.5) is 0 Å². The van der Waals surface area contributed by atoms with Crippen molar-refractivity contribution in [3.8, 4) is 0 Å². The lowest BCUT2D eigenvalue weighted by molar-refractivity contribution is 0.219. The van der Waals surface area contributed by atoms with Crippen molar-refractivity contribution in [2.75, 3.05) is 13.2 Å². The Morgan fingerprint density at radius 2 is 1.35 bits per heavy atom. The minimum absolute atomic E-state index is 0.303. The third-order valence-corrected chi connectivity index (χ3v) is 5.33. The first-order valence-electron chi connectivity index (χ1n) is 7.85. The van der Waals surface area contributed by atoms with E-state index in [2.05, 4.69) is 24.3 Å². The van der Waals surface area contributed by atoms with Gasteiger partial charge >= 0.3 is 7.60 Å². The van der Waals surface area contributed by atoms with Gasteiger partial charge in [0, 0.05) is 0 Å². The van der Waals surface area contributed by atoms with Gasteiger partial charge in [-0.05, 0) is 30.5 Å². The molecule has 0 spiro atoms. The second-order valence-corrected chi connectivity index (χ2v) is 7.14. The zero-order valence-corrected chi connectivity index (χ0v) is 14.5. The third-order valence-electron chi connectivity index (χ3n) is 3.28. The first-order valence-corrected chi connectivity index (χ1v) is 9.58. The lowest BCUT2D eigenvalue weighted by atomic mass is 10.1. The van der Waals surface area contributed by atoms with E-state index in [1.54, 1.807) is 0 Å². The van der Waals surface area contributed by atoms with E-state index in [4.69, 9.17) is 9.05 Å². The molecule has 0 saturated carbocycles. The molecule has 0 atom stereocenters. The molecular weight excluding hydrogens is 307 g/mol. The molecule has 2 rings (SSSR count). The fourth-order valence-electron chi connectivity index (χ4n) is 2.24. The molecule has 0 unspecified atom stereocenters. The number of hydrogen-bond donors (Lipinski definition) is 0. The van der Waals surface area contributed by atoms with Gasteiger partial charge in [0.15, 0.2) is 0 Å². The quantitative estimate of drug-likeness (QED) is 0.465. The zero-order chi connectivity index (χ0) is 16.5. The van der Waals surface area contributed by atoms with Crippen molar-refractivity contribution in [1.29, 1.82) is 0 Å². The molecule has 0 aliphatic heterocycles. The van der Waals surface area contributed by atoms with Crippen LogP contribution in [-0.2, 0) is 19.8 Å². The maximum absolute atomic E-state index is 12.5. The van der Waals surface area contributed by atoms with E-state index in [1.165, 1.54) is 0 Å². The van der Waals surface area contributed by atoms with Crippen LogP contribution in [0.5, 0.6) is 0 Å². The predicted molar refractivity (Wildman–Crippen MR) is 96.4 cm³/mol. The summed E-state index contributed by atoms with van der Waals surface area (Å²) in [5, 5.41) is 0. The Kier molecular flexibility index (Phi) is 6.79. The number of hydrogen-bond acceptors (Lipinski definition) is 3. The largest absolute Gasteiger partial charge is 0.335 e. The molecule has 23 heavy (non-hydrogen) atoms. The van der Waals surface area contributed by atoms with Crippen LogP contribution < -0.4 is 0 Å². The monoisotopic (exact) mass is 330 g/mol. The smallest absolute Gasteiger partial charge is 0.309 e. The summed E-state index contributed by atoms with van der Waals surface area (Å²) in [5.74, 6) is 0. The summed E-state index contributed by atoms with van der Waals surface area (Å²) in [6.07, 6.45) is 4.43. The molecular formula is C19H23O3P. The molecule has 0 fully saturated rings. The summed E-state index contributed by atoms with van der Waals surface area (Å²) < 4.78 is 23.2. The molecule has 3 nitrogen and oxygen atoms in total. The summed E-state index contributed by atoms with van der Waals surface area (Å²) in [6.45, 7) is 4.41. The van der Waals surface area contributed by atoms with Gasteiger partial charge in [-0.2, -0.15) is 0 Å². The normalized spacial score (nSPS) is 11.9. The van der Waals surface area contributed by atoms with E-state index in [9.17, 15) is 4.57 Å². The van der Waals surface area contributed by atoms with Crippen LogP contribution in [0.2, 0.25) is 0 Å². The lowest BCUT2D eigenvalue weighted by Crippen LogP contribution is -1.99. The van der Waals surface area contributed by atoms with Crippen molar-refractivity contribution in [3.63, 3.8) is 0 Å². The molecule has 2 aromatic carbocycles. The minimum atomic E-state index is -3.04. The highest BCUT2D eigenvalue weighted by molar-refractivity contribution is 7.53. The number of rotatable bonds is 8. The molecule has 0 aliphatic rings. The van der Waals surface area contributed by atoms with Gasteiger partial charge < -0.3 is 9.05 Å². The molecule has 0 radical (unpaired) electrons. The summed E-state index contributed by atoms with van der Waals surface area (Å²) in [5.41, 5.74) is 3.21. The van der Waals surface area contributed by atoms with E-state index in [0.29, 0.717) is 19.4 Å². The number of benzene rings is 2. The van der Waals surface area contributed by atoms with E-state index in [0.717, 1.165) is 16.7 Å². The van der Waals surface area contributed by atoms with Crippen LogP contribution >= 0.6 is 7.60 Å². The Morgan fingerprint density at radius 1 is 0.826 bits per heavy atom. The van der Waals surface area contributed by atoms with E-state index in [-0.39, 0.29) is 0 Å². The molecule has 4 heteroatoms. The van der Waals surface area contributed by atoms with Gasteiger partial charge in [-0.1, -0.05) is 66.7 Å². The van der Waals surface area contributed by atoms with Crippen LogP contribution in [-0.4, -0.2) is 13.2 Å². The van der Waals surface area contributed by atoms with Gasteiger partial charge in [-0.25, -0.2) is 0 Å². The minimum Gasteiger partial charge on any atom is -0.309 e. The molecule has 0 heterocycles. The van der Waals surface area contributed by atoms with Crippen LogP contribution in [0.3, 0.4) is 0 Å². The molecule has 0 bridgehead atoms. The van der Waals surface area contributed by atoms with Gasteiger partial charge in [0.1, 0.15) is 0 Å². The highest BCUT2D eigenvalue weighted by atomic mass is 31.2. The van der Waals surface area contributed by atoms with Crippen LogP contribution in [0.1, 0.15) is 30.5 Å². The van der Waals surface area contributed by atoms with Crippen molar-refractivity contribution in [2.24, 2.45) is 0 Å². The molecule has 0 amide bonds. The Labute approximate surface area is 138 Å². The van der Waals surface area contributed by atoms with Crippen LogP contribution in [0, 0.1) is 0 Å². The second-order valence-electron chi connectivity index (χ2n) is 5.09. The van der Waals surface area contributed by atoms with Crippen molar-refractivity contribution in [2.45, 2.75) is 20.0 Å². The van der Waals surface area contributed by atoms with Crippen LogP contribution in [0.15, 0.2) is 54.6 Å². The maximum atomic E-state index is 12.5. The third kappa shape index (κ3) is 5.80. The summed E-state index contributed by atoms with van der Waals surface area (Å²) >= 11 is 0. The molecule has 0 saturated heterocycles. The average Bonchev–Trinajstić information content (AvgIpc) is 2.55. The van der Waals surface area contributed by atoms with Crippen molar-refractivity contribution in [3.05, 3.63) is 71.3 Å². The van der Waals surface area contributed by atoms with E-state index in [1.807, 2.05) is 56.3 Å². The van der Waals surface area contributed by atoms with Crippen LogP contribution in [0.25, 0.3) is 12.2 Å². The van der Waals surface area contributed by atoms with Gasteiger partial charge in [0.2, 0.25) is 0 Å². The van der Waals surface area contributed by atoms with Crippen molar-refractivity contribution in [1.82, 2.24) is 0 Å². The standard InChI is InChI=1S/C19H23O3P/c1-3-21-23(20,22-4-2)16-19-14-12-18(13-15-19)11-10-17-8-6-5-7-9-17/h5-15H,3-4,16H2,1-2H3/b11-10+. The summed E-state index contributed by atoms with van der Waals surface area (Å²) in [6, 6.07) is 18.1. The Balaban J connectivity index is 2.04. The fourth-order valence-corrected chi connectivity index (χ4v) is 3.94. The fraction of sp³-hybridized carbons (Fsp3) is 0.263. The molecule has 2 aromatic rings. The first-order chi connectivity index (χ1) is 11.1. The highest BCUT2D eigenvalue weighted by Gasteiger charge is 2.23. The topological polar surface area (TPSA) is 35.5 Å². The van der Waals surface area contributed by atoms with Gasteiger partial charge in [0.05, 0.1) is 19.4 Å². The molecule has 0 N–H and O–H groups in total. The molecule has 0 aromatic heterocycles. The summed E-state index contributed by atoms with van der Waals surface area (Å²) in [7, 11) is -3.04. The van der Waals surface area contributed by atoms with Crippen molar-refractivity contribution >= 4 is 19.7 Å². The summed E-state index contributed by atoms with van der Waals surface area (Å²) in [4.78, 5) is 0. The Morgan fingerprint density at radius 3 is 1.87 bits per heavy atom. The Hall–Kier alpha value is -1.67. The highest BCUT2D eigenvalue weighted by Crippen LogP contribution is 2.51. The second kappa shape index (κ2) is 8.83. The first kappa shape index (κ1) is 17.7. The SMILES string of the molecule is CCOP(=O)(Cc1ccc(/C=C/c2ccccc2)cc1)OCC. The average molecular weight is 330 g/mol. The van der Waals surface area contributed by atoms with Gasteiger partial charge in [0.25, 0.3) is 0 Å². The molecule has 122 valence electrons. The van der Waals surface area contributed by atoms with Crippen molar-refractivity contribution < 1.29 is 13.6 Å². The zero-order valence-electron chi connectivity index (χ0n) is 13.6. The Bertz CT molecular complexity index is 653. The van der Waals surface area contributed by atoms with Gasteiger partial charge in [-0.15, -0.1) is 0 Å². The maximum Gasteiger partial charge on any atom is 0.335 e.